The number of carbonyl (C=O) groups excluding carboxylic acids is 4. The van der Waals surface area contributed by atoms with Crippen molar-refractivity contribution in [1.82, 2.24) is 10.2 Å². The molecule has 1 saturated carbocycles. The highest BCUT2D eigenvalue weighted by molar-refractivity contribution is 8.00. The Balaban J connectivity index is 1.29. The number of amides is 3. The van der Waals surface area contributed by atoms with Crippen LogP contribution in [0.4, 0.5) is 0 Å². The zero-order valence-corrected chi connectivity index (χ0v) is 22.6. The van der Waals surface area contributed by atoms with Crippen molar-refractivity contribution in [3.05, 3.63) is 0 Å². The van der Waals surface area contributed by atoms with E-state index < -0.39 is 0 Å². The van der Waals surface area contributed by atoms with Crippen molar-refractivity contribution < 1.29 is 33.4 Å². The van der Waals surface area contributed by atoms with Gasteiger partial charge in [-0.1, -0.05) is 19.8 Å². The van der Waals surface area contributed by atoms with Crippen LogP contribution in [0.2, 0.25) is 0 Å². The van der Waals surface area contributed by atoms with Crippen molar-refractivity contribution in [3.8, 4) is 0 Å². The van der Waals surface area contributed by atoms with Crippen molar-refractivity contribution in [1.29, 1.82) is 0 Å². The molecule has 0 radical (unpaired) electrons. The fourth-order valence-corrected chi connectivity index (χ4v) is 5.01. The number of unbranched alkanes of at least 4 members (excludes halogenated alkanes) is 2. The number of nitrogens with zero attached hydrogens (tertiary/aromatic N) is 1. The minimum Gasteiger partial charge on any atom is -0.379 e. The Kier molecular flexibility index (Phi) is 16.0. The smallest absolute Gasteiger partial charge is 0.242 e. The van der Waals surface area contributed by atoms with Crippen LogP contribution in [-0.2, 0) is 33.4 Å². The second kappa shape index (κ2) is 18.7. The minimum atomic E-state index is -0.297. The van der Waals surface area contributed by atoms with Gasteiger partial charge >= 0.3 is 0 Å². The maximum absolute atomic E-state index is 12.2. The van der Waals surface area contributed by atoms with Crippen LogP contribution in [0.5, 0.6) is 0 Å². The zero-order chi connectivity index (χ0) is 26.0. The molecule has 1 N–H and O–H groups in total. The van der Waals surface area contributed by atoms with Gasteiger partial charge in [-0.25, -0.2) is 0 Å². The fraction of sp³-hybridized carbons (Fsp3) is 0.846. The van der Waals surface area contributed by atoms with E-state index in [9.17, 15) is 19.2 Å². The molecular formula is C26H44N2O7S. The molecule has 0 aromatic rings. The van der Waals surface area contributed by atoms with E-state index in [0.29, 0.717) is 64.3 Å². The lowest BCUT2D eigenvalue weighted by Gasteiger charge is -2.23. The van der Waals surface area contributed by atoms with Crippen LogP contribution in [0.15, 0.2) is 0 Å². The summed E-state index contributed by atoms with van der Waals surface area (Å²) in [6.45, 7) is 5.86. The molecule has 0 aromatic carbocycles. The largest absolute Gasteiger partial charge is 0.379 e. The summed E-state index contributed by atoms with van der Waals surface area (Å²) in [6.07, 6.45) is 8.14. The van der Waals surface area contributed by atoms with Gasteiger partial charge in [0.25, 0.3) is 0 Å². The Labute approximate surface area is 219 Å². The van der Waals surface area contributed by atoms with Crippen LogP contribution >= 0.6 is 11.8 Å². The Morgan fingerprint density at radius 3 is 2.22 bits per heavy atom. The van der Waals surface area contributed by atoms with Crippen molar-refractivity contribution >= 4 is 35.3 Å². The zero-order valence-electron chi connectivity index (χ0n) is 21.8. The Morgan fingerprint density at radius 1 is 0.917 bits per heavy atom. The van der Waals surface area contributed by atoms with E-state index in [4.69, 9.17) is 14.2 Å². The first-order valence-electron chi connectivity index (χ1n) is 13.5. The van der Waals surface area contributed by atoms with Gasteiger partial charge in [-0.05, 0) is 37.9 Å². The van der Waals surface area contributed by atoms with Crippen molar-refractivity contribution in [2.45, 2.75) is 76.4 Å². The molecule has 2 rings (SSSR count). The summed E-state index contributed by atoms with van der Waals surface area (Å²) < 4.78 is 16.5. The molecule has 1 unspecified atom stereocenters. The molecule has 1 aliphatic heterocycles. The number of hydrogen-bond donors (Lipinski definition) is 1. The first-order valence-corrected chi connectivity index (χ1v) is 14.6. The number of ketones is 1. The second-order valence-corrected chi connectivity index (χ2v) is 10.7. The molecular weight excluding hydrogens is 484 g/mol. The Morgan fingerprint density at radius 2 is 1.58 bits per heavy atom. The van der Waals surface area contributed by atoms with E-state index in [2.05, 4.69) is 5.32 Å². The van der Waals surface area contributed by atoms with E-state index in [1.807, 2.05) is 6.92 Å². The Bertz CT molecular complexity index is 687. The number of Topliss-reactive ketones (excluding diaryl/α,β-unsaturated/α-hetero) is 1. The lowest BCUT2D eigenvalue weighted by atomic mass is 9.81. The molecule has 0 bridgehead atoms. The van der Waals surface area contributed by atoms with E-state index in [1.54, 1.807) is 0 Å². The summed E-state index contributed by atoms with van der Waals surface area (Å²) in [5.41, 5.74) is 0. The average Bonchev–Trinajstić information content (AvgIpc) is 3.08. The summed E-state index contributed by atoms with van der Waals surface area (Å²) in [5, 5.41) is 2.50. The van der Waals surface area contributed by atoms with Gasteiger partial charge < -0.3 is 19.5 Å². The summed E-state index contributed by atoms with van der Waals surface area (Å²) in [6, 6.07) is 0. The van der Waals surface area contributed by atoms with Crippen LogP contribution in [-0.4, -0.2) is 92.1 Å². The fourth-order valence-electron chi connectivity index (χ4n) is 4.08. The third kappa shape index (κ3) is 12.2. The maximum Gasteiger partial charge on any atom is 0.242 e. The van der Waals surface area contributed by atoms with Gasteiger partial charge in [-0.3, -0.25) is 24.1 Å². The van der Waals surface area contributed by atoms with Crippen LogP contribution in [0.1, 0.15) is 71.1 Å². The molecule has 9 nitrogen and oxygen atoms in total. The van der Waals surface area contributed by atoms with Gasteiger partial charge in [0.1, 0.15) is 5.78 Å². The number of thioether (sulfide) groups is 1. The number of hydrogen-bond acceptors (Lipinski definition) is 8. The van der Waals surface area contributed by atoms with E-state index in [1.165, 1.54) is 23.1 Å². The standard InChI is InChI=1S/C26H44N2O7S/c1-2-36-23-20-25(31)28(26(23)32)13-11-24(30)27-12-7-15-34-17-19-35-18-16-33-14-5-3-4-10-22(29)21-8-6-9-21/h21,23H,2-20H2,1H3,(H,27,30). The lowest BCUT2D eigenvalue weighted by molar-refractivity contribution is -0.138. The third-order valence-electron chi connectivity index (χ3n) is 6.44. The molecule has 2 aliphatic rings. The molecule has 206 valence electrons. The summed E-state index contributed by atoms with van der Waals surface area (Å²) in [7, 11) is 0. The molecule has 36 heavy (non-hydrogen) atoms. The van der Waals surface area contributed by atoms with Gasteiger partial charge in [0.15, 0.2) is 0 Å². The average molecular weight is 529 g/mol. The number of imide groups is 1. The van der Waals surface area contributed by atoms with Crippen molar-refractivity contribution in [2.24, 2.45) is 5.92 Å². The predicted molar refractivity (Wildman–Crippen MR) is 139 cm³/mol. The Hall–Kier alpha value is -1.49. The van der Waals surface area contributed by atoms with E-state index in [-0.39, 0.29) is 42.4 Å². The molecule has 0 aromatic heterocycles. The molecule has 3 amide bonds. The van der Waals surface area contributed by atoms with Gasteiger partial charge in [-0.15, -0.1) is 11.8 Å². The second-order valence-electron chi connectivity index (χ2n) is 9.23. The van der Waals surface area contributed by atoms with Crippen LogP contribution in [0, 0.1) is 5.92 Å². The molecule has 1 atom stereocenters. The first-order chi connectivity index (χ1) is 17.5. The molecule has 10 heteroatoms. The van der Waals surface area contributed by atoms with Gasteiger partial charge in [0.05, 0.1) is 31.7 Å². The molecule has 1 heterocycles. The number of carbonyl (C=O) groups is 4. The molecule has 2 fully saturated rings. The minimum absolute atomic E-state index is 0.123. The molecule has 0 spiro atoms. The highest BCUT2D eigenvalue weighted by atomic mass is 32.2. The van der Waals surface area contributed by atoms with Gasteiger partial charge in [0, 0.05) is 51.5 Å². The monoisotopic (exact) mass is 528 g/mol. The van der Waals surface area contributed by atoms with Crippen molar-refractivity contribution in [3.63, 3.8) is 0 Å². The first kappa shape index (κ1) is 30.7. The van der Waals surface area contributed by atoms with Crippen LogP contribution < -0.4 is 5.32 Å². The summed E-state index contributed by atoms with van der Waals surface area (Å²) >= 11 is 1.47. The lowest BCUT2D eigenvalue weighted by Crippen LogP contribution is -2.35. The topological polar surface area (TPSA) is 111 Å². The molecule has 1 aliphatic carbocycles. The molecule has 1 saturated heterocycles. The van der Waals surface area contributed by atoms with Crippen molar-refractivity contribution in [2.75, 3.05) is 58.5 Å². The summed E-state index contributed by atoms with van der Waals surface area (Å²) in [5.74, 6) is 1.06. The quantitative estimate of drug-likeness (QED) is 0.169. The normalized spacial score (nSPS) is 18.0. The number of ether oxygens (including phenoxy) is 3. The van der Waals surface area contributed by atoms with Gasteiger partial charge in [0.2, 0.25) is 17.7 Å². The third-order valence-corrected chi connectivity index (χ3v) is 7.54. The summed E-state index contributed by atoms with van der Waals surface area (Å²) in [4.78, 5) is 49.1. The maximum atomic E-state index is 12.2. The highest BCUT2D eigenvalue weighted by Crippen LogP contribution is 2.28. The number of nitrogens with one attached hydrogen (secondary N) is 1. The predicted octanol–water partition coefficient (Wildman–Crippen LogP) is 2.74. The van der Waals surface area contributed by atoms with Crippen LogP contribution in [0.3, 0.4) is 0 Å². The SMILES string of the molecule is CCSC1CC(=O)N(CCC(=O)NCCCOCCOCCOCCCCCC(=O)C2CCC2)C1=O. The number of likely N-dealkylation sites (tertiary alicyclic amines) is 1. The number of rotatable bonds is 22. The van der Waals surface area contributed by atoms with E-state index in [0.717, 1.165) is 44.3 Å². The highest BCUT2D eigenvalue weighted by Gasteiger charge is 2.38. The van der Waals surface area contributed by atoms with Gasteiger partial charge in [-0.2, -0.15) is 0 Å². The van der Waals surface area contributed by atoms with E-state index >= 15 is 0 Å². The van der Waals surface area contributed by atoms with Crippen LogP contribution in [0.25, 0.3) is 0 Å².